The van der Waals surface area contributed by atoms with Crippen LogP contribution in [0.2, 0.25) is 10.0 Å². The van der Waals surface area contributed by atoms with E-state index >= 15 is 0 Å². The highest BCUT2D eigenvalue weighted by molar-refractivity contribution is 8.02. The summed E-state index contributed by atoms with van der Waals surface area (Å²) in [6.07, 6.45) is 8.18. The molecule has 0 radical (unpaired) electrons. The van der Waals surface area contributed by atoms with Gasteiger partial charge in [0.1, 0.15) is 0 Å². The molecule has 0 saturated heterocycles. The van der Waals surface area contributed by atoms with Gasteiger partial charge in [-0.1, -0.05) is 69.2 Å². The van der Waals surface area contributed by atoms with Gasteiger partial charge in [-0.15, -0.1) is 11.8 Å². The molecule has 0 aliphatic carbocycles. The average molecular weight is 534 g/mol. The van der Waals surface area contributed by atoms with E-state index in [-0.39, 0.29) is 10.6 Å². The standard InChI is InChI=1S/C23H29Cl2NO3PS2/c1-3-5-6-7-8-9-10-17-13-19(26(27)28)11-12-22(17)29-30(31)16-20-21(25)14-18(24)15-23(20)32-4-2/h11-15H,3-10,16H2,1-2H3/q+1. The van der Waals surface area contributed by atoms with Crippen LogP contribution in [0, 0.1) is 10.1 Å². The molecule has 4 nitrogen and oxygen atoms in total. The Balaban J connectivity index is 2.13. The van der Waals surface area contributed by atoms with Gasteiger partial charge in [-0.3, -0.25) is 14.6 Å². The van der Waals surface area contributed by atoms with Crippen molar-refractivity contribution in [3.05, 3.63) is 61.6 Å². The molecule has 2 rings (SSSR count). The maximum absolute atomic E-state index is 11.3. The predicted octanol–water partition coefficient (Wildman–Crippen LogP) is 9.35. The van der Waals surface area contributed by atoms with Crippen LogP contribution in [0.1, 0.15) is 63.5 Å². The molecular weight excluding hydrogens is 504 g/mol. The third-order valence-electron chi connectivity index (χ3n) is 4.96. The summed E-state index contributed by atoms with van der Waals surface area (Å²) in [5, 5.41) is 12.4. The summed E-state index contributed by atoms with van der Waals surface area (Å²) >= 11 is 20.0. The minimum Gasteiger partial charge on any atom is -0.277 e. The molecule has 0 spiro atoms. The molecule has 2 aromatic rings. The summed E-state index contributed by atoms with van der Waals surface area (Å²) in [5.41, 5.74) is 1.87. The van der Waals surface area contributed by atoms with E-state index in [1.807, 2.05) is 6.07 Å². The van der Waals surface area contributed by atoms with Crippen molar-refractivity contribution in [1.82, 2.24) is 0 Å². The van der Waals surface area contributed by atoms with Crippen molar-refractivity contribution < 1.29 is 9.45 Å². The van der Waals surface area contributed by atoms with Gasteiger partial charge >= 0.3 is 6.92 Å². The van der Waals surface area contributed by atoms with Crippen molar-refractivity contribution in [2.75, 3.05) is 5.75 Å². The summed E-state index contributed by atoms with van der Waals surface area (Å²) in [7, 11) is 0. The zero-order valence-corrected chi connectivity index (χ0v) is 22.5. The molecule has 0 fully saturated rings. The van der Waals surface area contributed by atoms with Crippen LogP contribution in [0.25, 0.3) is 0 Å². The van der Waals surface area contributed by atoms with Crippen LogP contribution >= 0.6 is 41.9 Å². The summed E-state index contributed by atoms with van der Waals surface area (Å²) in [6, 6.07) is 8.41. The van der Waals surface area contributed by atoms with Crippen LogP contribution in [-0.4, -0.2) is 10.7 Å². The highest BCUT2D eigenvalue weighted by Crippen LogP contribution is 2.41. The molecule has 0 saturated carbocycles. The molecule has 0 aliphatic heterocycles. The van der Waals surface area contributed by atoms with E-state index in [0.29, 0.717) is 22.0 Å². The molecule has 0 bridgehead atoms. The molecule has 0 amide bonds. The Hall–Kier alpha value is -0.910. The van der Waals surface area contributed by atoms with E-state index in [1.165, 1.54) is 31.7 Å². The maximum Gasteiger partial charge on any atom is 0.392 e. The second kappa shape index (κ2) is 14.4. The molecule has 0 N–H and O–H groups in total. The number of nitro groups is 1. The second-order valence-electron chi connectivity index (χ2n) is 7.45. The minimum absolute atomic E-state index is 0.0782. The van der Waals surface area contributed by atoms with Gasteiger partial charge < -0.3 is 0 Å². The lowest BCUT2D eigenvalue weighted by atomic mass is 10.0. The van der Waals surface area contributed by atoms with Crippen LogP contribution in [0.15, 0.2) is 35.2 Å². The number of unbranched alkanes of at least 4 members (excludes halogenated alkanes) is 5. The second-order valence-corrected chi connectivity index (χ2v) is 12.0. The van der Waals surface area contributed by atoms with E-state index in [0.717, 1.165) is 41.0 Å². The number of non-ortho nitro benzene ring substituents is 1. The first-order chi connectivity index (χ1) is 15.3. The summed E-state index contributed by atoms with van der Waals surface area (Å²) in [4.78, 5) is 11.9. The average Bonchev–Trinajstić information content (AvgIpc) is 2.74. The maximum atomic E-state index is 11.3. The Morgan fingerprint density at radius 1 is 1.09 bits per heavy atom. The van der Waals surface area contributed by atoms with E-state index < -0.39 is 6.92 Å². The van der Waals surface area contributed by atoms with Crippen LogP contribution in [0.4, 0.5) is 5.69 Å². The molecule has 1 unspecified atom stereocenters. The fraction of sp³-hybridized carbons (Fsp3) is 0.478. The normalized spacial score (nSPS) is 11.4. The lowest BCUT2D eigenvalue weighted by Crippen LogP contribution is -1.97. The van der Waals surface area contributed by atoms with Crippen LogP contribution in [0.5, 0.6) is 5.75 Å². The number of aryl methyl sites for hydroxylation is 1. The van der Waals surface area contributed by atoms with Crippen molar-refractivity contribution in [3.8, 4) is 5.75 Å². The zero-order chi connectivity index (χ0) is 23.5. The monoisotopic (exact) mass is 532 g/mol. The molecule has 1 atom stereocenters. The number of halogens is 2. The van der Waals surface area contributed by atoms with Gasteiger partial charge in [0.2, 0.25) is 11.8 Å². The Bertz CT molecular complexity index is 944. The van der Waals surface area contributed by atoms with Crippen molar-refractivity contribution in [1.29, 1.82) is 0 Å². The number of rotatable bonds is 14. The fourth-order valence-electron chi connectivity index (χ4n) is 3.35. The minimum atomic E-state index is -1.28. The number of hydrogen-bond donors (Lipinski definition) is 0. The fourth-order valence-corrected chi connectivity index (χ4v) is 6.80. The molecule has 0 aliphatic rings. The molecule has 0 heterocycles. The summed E-state index contributed by atoms with van der Waals surface area (Å²) < 4.78 is 6.15. The van der Waals surface area contributed by atoms with Crippen molar-refractivity contribution in [2.45, 2.75) is 69.9 Å². The van der Waals surface area contributed by atoms with Gasteiger partial charge in [-0.2, -0.15) is 0 Å². The number of nitrogens with zero attached hydrogens (tertiary/aromatic N) is 1. The lowest BCUT2D eigenvalue weighted by Gasteiger charge is -2.09. The Morgan fingerprint density at radius 3 is 2.50 bits per heavy atom. The van der Waals surface area contributed by atoms with Gasteiger partial charge in [-0.25, -0.2) is 0 Å². The van der Waals surface area contributed by atoms with Gasteiger partial charge in [0.15, 0.2) is 11.9 Å². The van der Waals surface area contributed by atoms with E-state index in [1.54, 1.807) is 30.0 Å². The topological polar surface area (TPSA) is 52.4 Å². The predicted molar refractivity (Wildman–Crippen MR) is 142 cm³/mol. The highest BCUT2D eigenvalue weighted by Gasteiger charge is 2.23. The van der Waals surface area contributed by atoms with Gasteiger partial charge in [0.05, 0.1) is 9.95 Å². The van der Waals surface area contributed by atoms with E-state index in [2.05, 4.69) is 13.8 Å². The molecule has 174 valence electrons. The Labute approximate surface area is 211 Å². The van der Waals surface area contributed by atoms with E-state index in [9.17, 15) is 10.1 Å². The van der Waals surface area contributed by atoms with Gasteiger partial charge in [0.25, 0.3) is 5.69 Å². The number of hydrogen-bond acceptors (Lipinski definition) is 5. The van der Waals surface area contributed by atoms with Crippen molar-refractivity contribution >= 4 is 59.4 Å². The summed E-state index contributed by atoms with van der Waals surface area (Å²) in [6.45, 7) is 2.99. The SMILES string of the molecule is CCCCCCCCc1cc([N+](=O)[O-])ccc1O[P+](=S)Cc1c(Cl)cc(Cl)cc1SCC. The third kappa shape index (κ3) is 8.79. The lowest BCUT2D eigenvalue weighted by molar-refractivity contribution is -0.384. The van der Waals surface area contributed by atoms with Crippen molar-refractivity contribution in [2.24, 2.45) is 0 Å². The van der Waals surface area contributed by atoms with Crippen LogP contribution < -0.4 is 4.52 Å². The van der Waals surface area contributed by atoms with Crippen LogP contribution in [0.3, 0.4) is 0 Å². The molecule has 9 heteroatoms. The van der Waals surface area contributed by atoms with Gasteiger partial charge in [-0.05, 0) is 36.8 Å². The molecule has 2 aromatic carbocycles. The van der Waals surface area contributed by atoms with E-state index in [4.69, 9.17) is 39.5 Å². The van der Waals surface area contributed by atoms with Crippen LogP contribution in [-0.2, 0) is 24.4 Å². The number of benzene rings is 2. The first-order valence-corrected chi connectivity index (χ1v) is 15.1. The third-order valence-corrected chi connectivity index (χ3v) is 8.07. The van der Waals surface area contributed by atoms with Gasteiger partial charge in [0, 0.05) is 33.2 Å². The highest BCUT2D eigenvalue weighted by atomic mass is 35.5. The first kappa shape index (κ1) is 27.3. The number of nitro benzene ring substituents is 1. The van der Waals surface area contributed by atoms with Crippen molar-refractivity contribution in [3.63, 3.8) is 0 Å². The first-order valence-electron chi connectivity index (χ1n) is 10.9. The zero-order valence-electron chi connectivity index (χ0n) is 18.4. The Kier molecular flexibility index (Phi) is 12.3. The number of thioether (sulfide) groups is 1. The smallest absolute Gasteiger partial charge is 0.277 e. The molecule has 32 heavy (non-hydrogen) atoms. The summed E-state index contributed by atoms with van der Waals surface area (Å²) in [5.74, 6) is 1.53. The quantitative estimate of drug-likeness (QED) is 0.0796. The Morgan fingerprint density at radius 2 is 1.81 bits per heavy atom. The molecule has 0 aromatic heterocycles. The largest absolute Gasteiger partial charge is 0.392 e. The molecular formula is C23H29Cl2NO3PS2+.